The Morgan fingerprint density at radius 1 is 1.09 bits per heavy atom. The van der Waals surface area contributed by atoms with Crippen molar-refractivity contribution >= 4 is 45.1 Å². The van der Waals surface area contributed by atoms with Crippen molar-refractivity contribution in [3.8, 4) is 0 Å². The summed E-state index contributed by atoms with van der Waals surface area (Å²) in [5.41, 5.74) is 0.969. The number of ether oxygens (including phenoxy) is 1. The van der Waals surface area contributed by atoms with Crippen LogP contribution < -0.4 is 5.32 Å². The van der Waals surface area contributed by atoms with Crippen LogP contribution in [0, 0.1) is 0 Å². The summed E-state index contributed by atoms with van der Waals surface area (Å²) in [7, 11) is -3.92. The molecule has 0 bridgehead atoms. The maximum atomic E-state index is 13.0. The Morgan fingerprint density at radius 2 is 1.81 bits per heavy atom. The molecule has 12 heteroatoms. The fourth-order valence-corrected chi connectivity index (χ4v) is 5.44. The molecule has 0 unspecified atom stereocenters. The second-order valence-electron chi connectivity index (χ2n) is 6.98. The molecule has 1 fully saturated rings. The number of benzene rings is 2. The molecule has 1 aliphatic heterocycles. The zero-order valence-corrected chi connectivity index (χ0v) is 19.1. The molecule has 0 spiro atoms. The number of hydrogen-bond acceptors (Lipinski definition) is 6. The third-order valence-electron chi connectivity index (χ3n) is 4.80. The molecule has 3 aromatic rings. The molecule has 9 nitrogen and oxygen atoms in total. The number of rotatable bonds is 6. The molecule has 32 heavy (non-hydrogen) atoms. The number of nitrogens with zero attached hydrogens (tertiary/aromatic N) is 4. The van der Waals surface area contributed by atoms with Gasteiger partial charge in [-0.3, -0.25) is 10.1 Å². The average Bonchev–Trinajstić information content (AvgIpc) is 3.21. The van der Waals surface area contributed by atoms with Crippen LogP contribution >= 0.6 is 23.2 Å². The van der Waals surface area contributed by atoms with Crippen LogP contribution in [0.25, 0.3) is 0 Å². The highest BCUT2D eigenvalue weighted by Crippen LogP contribution is 2.31. The second-order valence-corrected chi connectivity index (χ2v) is 9.71. The van der Waals surface area contributed by atoms with Gasteiger partial charge in [-0.1, -0.05) is 53.5 Å². The molecule has 168 valence electrons. The summed E-state index contributed by atoms with van der Waals surface area (Å²) in [6, 6.07) is 12.1. The number of amides is 1. The highest BCUT2D eigenvalue weighted by atomic mass is 35.5. The molecule has 1 saturated heterocycles. The van der Waals surface area contributed by atoms with Gasteiger partial charge in [0.2, 0.25) is 16.0 Å². The molecular formula is C20H19Cl2N5O4S. The molecular weight excluding hydrogens is 477 g/mol. The first-order valence-corrected chi connectivity index (χ1v) is 11.9. The van der Waals surface area contributed by atoms with Gasteiger partial charge in [-0.2, -0.15) is 4.31 Å². The molecule has 1 N–H and O–H groups in total. The van der Waals surface area contributed by atoms with E-state index in [0.717, 1.165) is 5.56 Å². The minimum absolute atomic E-state index is 0.0112. The average molecular weight is 496 g/mol. The highest BCUT2D eigenvalue weighted by molar-refractivity contribution is 7.89. The van der Waals surface area contributed by atoms with Gasteiger partial charge in [0.25, 0.3) is 5.91 Å². The van der Waals surface area contributed by atoms with Crippen molar-refractivity contribution in [1.82, 2.24) is 19.1 Å². The monoisotopic (exact) mass is 495 g/mol. The van der Waals surface area contributed by atoms with Crippen LogP contribution in [0.15, 0.2) is 53.7 Å². The van der Waals surface area contributed by atoms with E-state index in [1.54, 1.807) is 4.68 Å². The lowest BCUT2D eigenvalue weighted by atomic mass is 10.2. The van der Waals surface area contributed by atoms with Crippen LogP contribution in [0.2, 0.25) is 10.0 Å². The maximum Gasteiger partial charge on any atom is 0.259 e. The van der Waals surface area contributed by atoms with Gasteiger partial charge in [0.05, 0.1) is 35.4 Å². The Balaban J connectivity index is 1.54. The Labute approximate surface area is 195 Å². The summed E-state index contributed by atoms with van der Waals surface area (Å²) in [4.78, 5) is 16.7. The van der Waals surface area contributed by atoms with Gasteiger partial charge in [-0.05, 0) is 17.7 Å². The number of aromatic nitrogens is 3. The van der Waals surface area contributed by atoms with Crippen molar-refractivity contribution in [3.63, 3.8) is 0 Å². The van der Waals surface area contributed by atoms with E-state index < -0.39 is 15.9 Å². The Kier molecular flexibility index (Phi) is 6.77. The van der Waals surface area contributed by atoms with Crippen molar-refractivity contribution in [3.05, 3.63) is 70.0 Å². The second kappa shape index (κ2) is 9.55. The molecule has 1 aromatic heterocycles. The number of sulfonamides is 1. The van der Waals surface area contributed by atoms with Crippen molar-refractivity contribution in [2.24, 2.45) is 0 Å². The predicted octanol–water partition coefficient (Wildman–Crippen LogP) is 2.91. The smallest absolute Gasteiger partial charge is 0.259 e. The third-order valence-corrected chi connectivity index (χ3v) is 7.48. The highest BCUT2D eigenvalue weighted by Gasteiger charge is 2.30. The van der Waals surface area contributed by atoms with Crippen LogP contribution in [-0.4, -0.2) is 59.7 Å². The van der Waals surface area contributed by atoms with Crippen molar-refractivity contribution in [2.75, 3.05) is 31.6 Å². The minimum Gasteiger partial charge on any atom is -0.379 e. The Bertz CT molecular complexity index is 1230. The van der Waals surface area contributed by atoms with Crippen LogP contribution in [0.5, 0.6) is 0 Å². The number of nitrogens with one attached hydrogen (secondary N) is 1. The Morgan fingerprint density at radius 3 is 2.53 bits per heavy atom. The van der Waals surface area contributed by atoms with E-state index in [9.17, 15) is 13.2 Å². The zero-order chi connectivity index (χ0) is 22.7. The van der Waals surface area contributed by atoms with Gasteiger partial charge in [0.15, 0.2) is 0 Å². The summed E-state index contributed by atoms with van der Waals surface area (Å²) in [5, 5.41) is 6.72. The van der Waals surface area contributed by atoms with Crippen molar-refractivity contribution in [2.45, 2.75) is 11.4 Å². The van der Waals surface area contributed by atoms with Gasteiger partial charge in [-0.25, -0.2) is 18.1 Å². The fraction of sp³-hybridized carbons (Fsp3) is 0.250. The van der Waals surface area contributed by atoms with Gasteiger partial charge in [0, 0.05) is 13.1 Å². The van der Waals surface area contributed by atoms with Gasteiger partial charge >= 0.3 is 0 Å². The lowest BCUT2D eigenvalue weighted by Gasteiger charge is -2.26. The van der Waals surface area contributed by atoms with E-state index in [2.05, 4.69) is 15.4 Å². The van der Waals surface area contributed by atoms with E-state index in [-0.39, 0.29) is 52.8 Å². The summed E-state index contributed by atoms with van der Waals surface area (Å²) in [6.45, 7) is 1.45. The Hall–Kier alpha value is -2.50. The molecule has 0 atom stereocenters. The number of carbonyl (C=O) groups excluding carboxylic acids is 1. The van der Waals surface area contributed by atoms with Crippen LogP contribution in [-0.2, 0) is 21.3 Å². The number of morpholine rings is 1. The number of carbonyl (C=O) groups is 1. The third kappa shape index (κ3) is 4.94. The molecule has 4 rings (SSSR count). The fourth-order valence-electron chi connectivity index (χ4n) is 3.19. The summed E-state index contributed by atoms with van der Waals surface area (Å²) < 4.78 is 34.1. The standard InChI is InChI=1S/C20H19Cl2N5O4S/c21-16-11-17(22)18(32(29,30)27-6-8-31-9-7-27)10-15(16)19(28)24-20-23-13-26(25-20)12-14-4-2-1-3-5-14/h1-5,10-11,13H,6-9,12H2,(H,24,25,28). The number of halogens is 2. The number of hydrogen-bond donors (Lipinski definition) is 1. The van der Waals surface area contributed by atoms with E-state index >= 15 is 0 Å². The summed E-state index contributed by atoms with van der Waals surface area (Å²) in [6.07, 6.45) is 1.49. The van der Waals surface area contributed by atoms with E-state index in [1.807, 2.05) is 30.3 Å². The predicted molar refractivity (Wildman–Crippen MR) is 120 cm³/mol. The minimum atomic E-state index is -3.92. The number of anilines is 1. The van der Waals surface area contributed by atoms with Crippen molar-refractivity contribution < 1.29 is 17.9 Å². The molecule has 1 amide bonds. The van der Waals surface area contributed by atoms with Crippen LogP contribution in [0.1, 0.15) is 15.9 Å². The first-order chi connectivity index (χ1) is 15.3. The van der Waals surface area contributed by atoms with Gasteiger partial charge in [0.1, 0.15) is 11.2 Å². The van der Waals surface area contributed by atoms with Crippen LogP contribution in [0.4, 0.5) is 5.95 Å². The lowest BCUT2D eigenvalue weighted by Crippen LogP contribution is -2.40. The molecule has 2 aromatic carbocycles. The largest absolute Gasteiger partial charge is 0.379 e. The summed E-state index contributed by atoms with van der Waals surface area (Å²) in [5.74, 6) is -0.586. The van der Waals surface area contributed by atoms with Crippen molar-refractivity contribution in [1.29, 1.82) is 0 Å². The van der Waals surface area contributed by atoms with Gasteiger partial charge < -0.3 is 4.74 Å². The normalized spacial score (nSPS) is 14.9. The van der Waals surface area contributed by atoms with Gasteiger partial charge in [-0.15, -0.1) is 5.10 Å². The quantitative estimate of drug-likeness (QED) is 0.563. The van der Waals surface area contributed by atoms with E-state index in [4.69, 9.17) is 27.9 Å². The maximum absolute atomic E-state index is 13.0. The topological polar surface area (TPSA) is 106 Å². The first-order valence-electron chi connectivity index (χ1n) is 9.66. The van der Waals surface area contributed by atoms with E-state index in [1.165, 1.54) is 22.8 Å². The summed E-state index contributed by atoms with van der Waals surface area (Å²) >= 11 is 12.4. The van der Waals surface area contributed by atoms with E-state index in [0.29, 0.717) is 6.54 Å². The first kappa shape index (κ1) is 22.7. The zero-order valence-electron chi connectivity index (χ0n) is 16.7. The molecule has 2 heterocycles. The molecule has 1 aliphatic rings. The molecule has 0 saturated carbocycles. The molecule has 0 radical (unpaired) electrons. The van der Waals surface area contributed by atoms with Crippen LogP contribution in [0.3, 0.4) is 0 Å². The molecule has 0 aliphatic carbocycles. The SMILES string of the molecule is O=C(Nc1ncn(Cc2ccccc2)n1)c1cc(S(=O)(=O)N2CCOCC2)c(Cl)cc1Cl. The lowest BCUT2D eigenvalue weighted by molar-refractivity contribution is 0.0730.